The number of rotatable bonds is 4. The minimum absolute atomic E-state index is 0.296. The molecule has 0 atom stereocenters. The maximum absolute atomic E-state index is 13.5. The zero-order chi connectivity index (χ0) is 12.4. The lowest BCUT2D eigenvalue weighted by molar-refractivity contribution is 0.212. The molecule has 2 rings (SSSR count). The summed E-state index contributed by atoms with van der Waals surface area (Å²) >= 11 is 0. The van der Waals surface area contributed by atoms with Crippen LogP contribution in [0.15, 0.2) is 18.2 Å². The zero-order valence-corrected chi connectivity index (χ0v) is 10.7. The van der Waals surface area contributed by atoms with Crippen molar-refractivity contribution in [3.8, 4) is 5.75 Å². The molecule has 17 heavy (non-hydrogen) atoms. The largest absolute Gasteiger partial charge is 0.494 e. The molecule has 1 fully saturated rings. The quantitative estimate of drug-likeness (QED) is 0.862. The first kappa shape index (κ1) is 12.2. The normalized spacial score (nSPS) is 23.4. The molecule has 3 heteroatoms. The number of methoxy groups -OCH3 is 1. The van der Waals surface area contributed by atoms with Crippen molar-refractivity contribution in [2.45, 2.75) is 32.7 Å². The Hall–Kier alpha value is -1.25. The smallest absolute Gasteiger partial charge is 0.167 e. The van der Waals surface area contributed by atoms with Gasteiger partial charge in [0.1, 0.15) is 0 Å². The van der Waals surface area contributed by atoms with Crippen molar-refractivity contribution in [1.29, 1.82) is 0 Å². The van der Waals surface area contributed by atoms with E-state index in [0.717, 1.165) is 17.5 Å². The van der Waals surface area contributed by atoms with Crippen molar-refractivity contribution >= 4 is 5.69 Å². The number of hydrogen-bond donors (Lipinski definition) is 1. The van der Waals surface area contributed by atoms with Crippen LogP contribution in [-0.2, 0) is 0 Å². The van der Waals surface area contributed by atoms with Crippen LogP contribution in [0.25, 0.3) is 0 Å². The summed E-state index contributed by atoms with van der Waals surface area (Å²) in [5.74, 6) is 1.55. The Morgan fingerprint density at radius 2 is 2.06 bits per heavy atom. The molecular weight excluding hydrogens is 217 g/mol. The first-order valence-corrected chi connectivity index (χ1v) is 6.20. The molecule has 0 aliphatic heterocycles. The van der Waals surface area contributed by atoms with Crippen LogP contribution < -0.4 is 10.1 Å². The second-order valence-electron chi connectivity index (χ2n) is 5.17. The Bertz CT molecular complexity index is 386. The topological polar surface area (TPSA) is 21.3 Å². The van der Waals surface area contributed by atoms with Crippen molar-refractivity contribution in [1.82, 2.24) is 0 Å². The number of ether oxygens (including phenoxy) is 1. The molecule has 0 unspecified atom stereocenters. The lowest BCUT2D eigenvalue weighted by Gasteiger charge is -2.39. The highest BCUT2D eigenvalue weighted by Gasteiger charge is 2.30. The molecule has 1 aliphatic rings. The molecule has 0 spiro atoms. The van der Waals surface area contributed by atoms with Crippen molar-refractivity contribution in [3.63, 3.8) is 0 Å². The van der Waals surface area contributed by atoms with E-state index < -0.39 is 0 Å². The predicted octanol–water partition coefficient (Wildman–Crippen LogP) is 3.68. The molecule has 1 aliphatic carbocycles. The van der Waals surface area contributed by atoms with Gasteiger partial charge in [-0.2, -0.15) is 0 Å². The zero-order valence-electron chi connectivity index (χ0n) is 10.7. The third kappa shape index (κ3) is 2.71. The van der Waals surface area contributed by atoms with Crippen LogP contribution >= 0.6 is 0 Å². The molecule has 1 N–H and O–H groups in total. The van der Waals surface area contributed by atoms with Gasteiger partial charge in [0.15, 0.2) is 11.6 Å². The van der Waals surface area contributed by atoms with E-state index in [0.29, 0.717) is 11.8 Å². The predicted molar refractivity (Wildman–Crippen MR) is 67.9 cm³/mol. The highest BCUT2D eigenvalue weighted by molar-refractivity contribution is 5.48. The fourth-order valence-electron chi connectivity index (χ4n) is 2.32. The van der Waals surface area contributed by atoms with Gasteiger partial charge in [0, 0.05) is 17.8 Å². The number of halogens is 1. The van der Waals surface area contributed by atoms with E-state index in [1.54, 1.807) is 6.07 Å². The molecule has 2 nitrogen and oxygen atoms in total. The average Bonchev–Trinajstić information content (AvgIpc) is 2.22. The Kier molecular flexibility index (Phi) is 3.55. The SMILES string of the molecule is COc1ccc(NC2CC(C(C)C)C2)cc1F. The van der Waals surface area contributed by atoms with E-state index in [1.807, 2.05) is 6.07 Å². The third-order valence-electron chi connectivity index (χ3n) is 3.64. The minimum Gasteiger partial charge on any atom is -0.494 e. The van der Waals surface area contributed by atoms with E-state index in [-0.39, 0.29) is 5.82 Å². The number of benzene rings is 1. The fraction of sp³-hybridized carbons (Fsp3) is 0.571. The van der Waals surface area contributed by atoms with Gasteiger partial charge in [0.25, 0.3) is 0 Å². The van der Waals surface area contributed by atoms with Gasteiger partial charge in [-0.15, -0.1) is 0 Å². The summed E-state index contributed by atoms with van der Waals surface area (Å²) in [6.07, 6.45) is 2.37. The molecule has 0 bridgehead atoms. The maximum atomic E-state index is 13.5. The summed E-state index contributed by atoms with van der Waals surface area (Å²) in [4.78, 5) is 0. The third-order valence-corrected chi connectivity index (χ3v) is 3.64. The highest BCUT2D eigenvalue weighted by atomic mass is 19.1. The van der Waals surface area contributed by atoms with Gasteiger partial charge in [0.05, 0.1) is 7.11 Å². The molecule has 1 aromatic carbocycles. The number of anilines is 1. The van der Waals surface area contributed by atoms with Gasteiger partial charge in [-0.05, 0) is 36.8 Å². The molecule has 0 amide bonds. The van der Waals surface area contributed by atoms with Crippen LogP contribution in [-0.4, -0.2) is 13.2 Å². The lowest BCUT2D eigenvalue weighted by atomic mass is 9.73. The summed E-state index contributed by atoms with van der Waals surface area (Å²) in [6, 6.07) is 5.53. The lowest BCUT2D eigenvalue weighted by Crippen LogP contribution is -2.37. The van der Waals surface area contributed by atoms with Gasteiger partial charge in [-0.1, -0.05) is 13.8 Å². The number of nitrogens with one attached hydrogen (secondary N) is 1. The first-order valence-electron chi connectivity index (χ1n) is 6.20. The van der Waals surface area contributed by atoms with Crippen LogP contribution in [0.1, 0.15) is 26.7 Å². The molecule has 0 radical (unpaired) electrons. The Morgan fingerprint density at radius 1 is 1.35 bits per heavy atom. The van der Waals surface area contributed by atoms with Crippen LogP contribution in [0, 0.1) is 17.7 Å². The summed E-state index contributed by atoms with van der Waals surface area (Å²) in [5, 5.41) is 3.36. The molecule has 94 valence electrons. The molecule has 0 aromatic heterocycles. The van der Waals surface area contributed by atoms with Gasteiger partial charge in [0.2, 0.25) is 0 Å². The number of hydrogen-bond acceptors (Lipinski definition) is 2. The minimum atomic E-state index is -0.308. The highest BCUT2D eigenvalue weighted by Crippen LogP contribution is 2.35. The van der Waals surface area contributed by atoms with E-state index in [4.69, 9.17) is 4.74 Å². The molecule has 1 saturated carbocycles. The van der Waals surface area contributed by atoms with E-state index >= 15 is 0 Å². The Morgan fingerprint density at radius 3 is 2.59 bits per heavy atom. The van der Waals surface area contributed by atoms with Crippen LogP contribution in [0.5, 0.6) is 5.75 Å². The Labute approximate surface area is 102 Å². The van der Waals surface area contributed by atoms with Crippen molar-refractivity contribution in [2.24, 2.45) is 11.8 Å². The van der Waals surface area contributed by atoms with Crippen LogP contribution in [0.4, 0.5) is 10.1 Å². The van der Waals surface area contributed by atoms with Gasteiger partial charge >= 0.3 is 0 Å². The van der Waals surface area contributed by atoms with Gasteiger partial charge in [-0.3, -0.25) is 0 Å². The molecule has 0 saturated heterocycles. The average molecular weight is 237 g/mol. The summed E-state index contributed by atoms with van der Waals surface area (Å²) in [6.45, 7) is 4.52. The Balaban J connectivity index is 1.90. The second kappa shape index (κ2) is 4.94. The van der Waals surface area contributed by atoms with E-state index in [1.165, 1.54) is 26.0 Å². The summed E-state index contributed by atoms with van der Waals surface area (Å²) in [5.41, 5.74) is 0.843. The summed E-state index contributed by atoms with van der Waals surface area (Å²) < 4.78 is 18.4. The fourth-order valence-corrected chi connectivity index (χ4v) is 2.32. The maximum Gasteiger partial charge on any atom is 0.167 e. The monoisotopic (exact) mass is 237 g/mol. The summed E-state index contributed by atoms with van der Waals surface area (Å²) in [7, 11) is 1.48. The van der Waals surface area contributed by atoms with Crippen LogP contribution in [0.3, 0.4) is 0 Å². The van der Waals surface area contributed by atoms with Crippen molar-refractivity contribution in [3.05, 3.63) is 24.0 Å². The van der Waals surface area contributed by atoms with Gasteiger partial charge < -0.3 is 10.1 Å². The van der Waals surface area contributed by atoms with Crippen molar-refractivity contribution < 1.29 is 9.13 Å². The standard InChI is InChI=1S/C14H20FNO/c1-9(2)10-6-12(7-10)16-11-4-5-14(17-3)13(15)8-11/h4-5,8-10,12,16H,6-7H2,1-3H3. The van der Waals surface area contributed by atoms with Crippen LogP contribution in [0.2, 0.25) is 0 Å². The molecular formula is C14H20FNO. The van der Waals surface area contributed by atoms with E-state index in [2.05, 4.69) is 19.2 Å². The molecule has 1 aromatic rings. The first-order chi connectivity index (χ1) is 8.10. The van der Waals surface area contributed by atoms with Gasteiger partial charge in [-0.25, -0.2) is 4.39 Å². The molecule has 0 heterocycles. The van der Waals surface area contributed by atoms with Crippen molar-refractivity contribution in [2.75, 3.05) is 12.4 Å². The van der Waals surface area contributed by atoms with E-state index in [9.17, 15) is 4.39 Å². The second-order valence-corrected chi connectivity index (χ2v) is 5.17.